The van der Waals surface area contributed by atoms with Gasteiger partial charge >= 0.3 is 5.97 Å². The van der Waals surface area contributed by atoms with Crippen molar-refractivity contribution in [2.24, 2.45) is 0 Å². The minimum Gasteiger partial charge on any atom is -0.478 e. The summed E-state index contributed by atoms with van der Waals surface area (Å²) in [7, 11) is -1.42. The van der Waals surface area contributed by atoms with E-state index in [4.69, 9.17) is 16.7 Å². The van der Waals surface area contributed by atoms with Crippen molar-refractivity contribution >= 4 is 33.5 Å². The summed E-state index contributed by atoms with van der Waals surface area (Å²) < 4.78 is 25.7. The van der Waals surface area contributed by atoms with Crippen LogP contribution in [0.2, 0.25) is 5.02 Å². The van der Waals surface area contributed by atoms with Crippen LogP contribution in [0.3, 0.4) is 0 Å². The van der Waals surface area contributed by atoms with Crippen LogP contribution in [0.4, 0.5) is 0 Å². The maximum Gasteiger partial charge on any atom is 0.336 e. The molecule has 1 rings (SSSR count). The van der Waals surface area contributed by atoms with Crippen LogP contribution in [0.5, 0.6) is 0 Å². The number of carbonyl (C=O) groups is 2. The fourth-order valence-electron chi connectivity index (χ4n) is 1.68. The molecule has 7 nitrogen and oxygen atoms in total. The van der Waals surface area contributed by atoms with E-state index in [1.54, 1.807) is 0 Å². The van der Waals surface area contributed by atoms with Crippen molar-refractivity contribution in [1.29, 1.82) is 0 Å². The molecule has 1 aromatic carbocycles. The molecule has 2 N–H and O–H groups in total. The number of hydrogen-bond acceptors (Lipinski definition) is 4. The molecule has 0 fully saturated rings. The monoisotopic (exact) mass is 334 g/mol. The molecule has 0 radical (unpaired) electrons. The zero-order valence-corrected chi connectivity index (χ0v) is 13.2. The molecule has 0 aromatic heterocycles. The molecular formula is C12H15ClN2O5S. The fraction of sp³-hybridized carbons (Fsp3) is 0.333. The number of sulfonamides is 1. The number of benzene rings is 1. The Morgan fingerprint density at radius 1 is 1.38 bits per heavy atom. The number of carbonyl (C=O) groups excluding carboxylic acids is 1. The highest BCUT2D eigenvalue weighted by Crippen LogP contribution is 2.26. The van der Waals surface area contributed by atoms with E-state index in [-0.39, 0.29) is 27.6 Å². The molecule has 0 spiro atoms. The number of amides is 1. The van der Waals surface area contributed by atoms with Crippen LogP contribution in [0.1, 0.15) is 15.9 Å². The second-order valence-corrected chi connectivity index (χ2v) is 6.77. The standard InChI is InChI=1S/C12H15ClN2O5S/c1-7-9(12(17)18)4-8(13)5-10(7)21(19,20)15(3)6-11(16)14-2/h4-5H,6H2,1-3H3,(H,14,16)(H,17,18). The number of nitrogens with zero attached hydrogens (tertiary/aromatic N) is 1. The Labute approximate surface area is 127 Å². The van der Waals surface area contributed by atoms with Crippen LogP contribution in [-0.2, 0) is 14.8 Å². The maximum absolute atomic E-state index is 12.4. The Morgan fingerprint density at radius 2 is 1.95 bits per heavy atom. The van der Waals surface area contributed by atoms with Crippen molar-refractivity contribution < 1.29 is 23.1 Å². The van der Waals surface area contributed by atoms with E-state index in [9.17, 15) is 18.0 Å². The normalized spacial score (nSPS) is 11.5. The molecule has 0 aliphatic carbocycles. The Hall–Kier alpha value is -1.64. The predicted octanol–water partition coefficient (Wildman–Crippen LogP) is 0.713. The van der Waals surface area contributed by atoms with Crippen molar-refractivity contribution in [1.82, 2.24) is 9.62 Å². The van der Waals surface area contributed by atoms with Gasteiger partial charge in [0, 0.05) is 19.1 Å². The maximum atomic E-state index is 12.4. The first-order valence-corrected chi connectivity index (χ1v) is 7.63. The molecule has 0 saturated carbocycles. The van der Waals surface area contributed by atoms with Gasteiger partial charge in [-0.2, -0.15) is 4.31 Å². The first-order valence-electron chi connectivity index (χ1n) is 5.81. The first-order chi connectivity index (χ1) is 9.61. The van der Waals surface area contributed by atoms with Gasteiger partial charge < -0.3 is 10.4 Å². The number of carboxylic acid groups (broad SMARTS) is 1. The van der Waals surface area contributed by atoms with Crippen molar-refractivity contribution in [2.75, 3.05) is 20.6 Å². The van der Waals surface area contributed by atoms with Gasteiger partial charge in [-0.25, -0.2) is 13.2 Å². The number of hydrogen-bond donors (Lipinski definition) is 2. The summed E-state index contributed by atoms with van der Waals surface area (Å²) in [5.41, 5.74) is -0.134. The van der Waals surface area contributed by atoms with E-state index >= 15 is 0 Å². The molecule has 1 aromatic rings. The van der Waals surface area contributed by atoms with Gasteiger partial charge in [0.1, 0.15) is 0 Å². The molecule has 0 aliphatic rings. The molecule has 0 atom stereocenters. The lowest BCUT2D eigenvalue weighted by atomic mass is 10.1. The smallest absolute Gasteiger partial charge is 0.336 e. The Morgan fingerprint density at radius 3 is 2.43 bits per heavy atom. The highest BCUT2D eigenvalue weighted by Gasteiger charge is 2.27. The highest BCUT2D eigenvalue weighted by atomic mass is 35.5. The van der Waals surface area contributed by atoms with Crippen LogP contribution < -0.4 is 5.32 Å². The highest BCUT2D eigenvalue weighted by molar-refractivity contribution is 7.89. The summed E-state index contributed by atoms with van der Waals surface area (Å²) in [5, 5.41) is 11.4. The van der Waals surface area contributed by atoms with Crippen molar-refractivity contribution in [3.8, 4) is 0 Å². The molecule has 1 amide bonds. The number of halogens is 1. The third kappa shape index (κ3) is 3.72. The third-order valence-corrected chi connectivity index (χ3v) is 5.04. The lowest BCUT2D eigenvalue weighted by molar-refractivity contribution is -0.120. The summed E-state index contributed by atoms with van der Waals surface area (Å²) in [6.07, 6.45) is 0. The van der Waals surface area contributed by atoms with E-state index in [0.29, 0.717) is 0 Å². The summed E-state index contributed by atoms with van der Waals surface area (Å²) in [6.45, 7) is 0.994. The fourth-order valence-corrected chi connectivity index (χ4v) is 3.36. The van der Waals surface area contributed by atoms with Gasteiger partial charge in [-0.1, -0.05) is 11.6 Å². The quantitative estimate of drug-likeness (QED) is 0.825. The number of carboxylic acids is 1. The number of nitrogens with one attached hydrogen (secondary N) is 1. The van der Waals surface area contributed by atoms with E-state index in [2.05, 4.69) is 5.32 Å². The minimum absolute atomic E-state index is 0.00934. The van der Waals surface area contributed by atoms with E-state index in [1.165, 1.54) is 33.2 Å². The molecule has 0 unspecified atom stereocenters. The van der Waals surface area contributed by atoms with Gasteiger partial charge in [-0.15, -0.1) is 0 Å². The summed E-state index contributed by atoms with van der Waals surface area (Å²) in [6, 6.07) is 2.34. The largest absolute Gasteiger partial charge is 0.478 e. The number of likely N-dealkylation sites (N-methyl/N-ethyl adjacent to an activating group) is 2. The second kappa shape index (κ2) is 6.42. The molecule has 0 saturated heterocycles. The lowest BCUT2D eigenvalue weighted by Crippen LogP contribution is -2.37. The number of rotatable bonds is 5. The Kier molecular flexibility index (Phi) is 5.32. The lowest BCUT2D eigenvalue weighted by Gasteiger charge is -2.18. The summed E-state index contributed by atoms with van der Waals surface area (Å²) in [4.78, 5) is 22.2. The average Bonchev–Trinajstić information content (AvgIpc) is 2.40. The van der Waals surface area contributed by atoms with Crippen molar-refractivity contribution in [3.63, 3.8) is 0 Å². The van der Waals surface area contributed by atoms with Gasteiger partial charge in [0.25, 0.3) is 0 Å². The van der Waals surface area contributed by atoms with Crippen LogP contribution in [0, 0.1) is 6.92 Å². The third-order valence-electron chi connectivity index (χ3n) is 2.89. The summed E-state index contributed by atoms with van der Waals surface area (Å²) in [5.74, 6) is -1.76. The van der Waals surface area contributed by atoms with Crippen molar-refractivity contribution in [3.05, 3.63) is 28.3 Å². The molecule has 21 heavy (non-hydrogen) atoms. The van der Waals surface area contributed by atoms with Crippen LogP contribution >= 0.6 is 11.6 Å². The average molecular weight is 335 g/mol. The topological polar surface area (TPSA) is 104 Å². The molecule has 0 aliphatic heterocycles. The van der Waals surface area contributed by atoms with Gasteiger partial charge in [-0.3, -0.25) is 4.79 Å². The second-order valence-electron chi connectivity index (χ2n) is 4.32. The van der Waals surface area contributed by atoms with Crippen LogP contribution in [-0.4, -0.2) is 50.3 Å². The van der Waals surface area contributed by atoms with Gasteiger partial charge in [0.15, 0.2) is 0 Å². The van der Waals surface area contributed by atoms with E-state index in [0.717, 1.165) is 4.31 Å². The Balaban J connectivity index is 3.38. The molecule has 0 bridgehead atoms. The van der Waals surface area contributed by atoms with Crippen LogP contribution in [0.25, 0.3) is 0 Å². The van der Waals surface area contributed by atoms with Crippen LogP contribution in [0.15, 0.2) is 17.0 Å². The molecule has 116 valence electrons. The summed E-state index contributed by atoms with van der Waals surface area (Å²) >= 11 is 5.78. The predicted molar refractivity (Wildman–Crippen MR) is 77.0 cm³/mol. The van der Waals surface area contributed by atoms with Crippen molar-refractivity contribution in [2.45, 2.75) is 11.8 Å². The van der Waals surface area contributed by atoms with Gasteiger partial charge in [0.2, 0.25) is 15.9 Å². The molecule has 0 heterocycles. The first kappa shape index (κ1) is 17.4. The van der Waals surface area contributed by atoms with Gasteiger partial charge in [0.05, 0.1) is 17.0 Å². The Bertz CT molecular complexity index is 687. The van der Waals surface area contributed by atoms with Gasteiger partial charge in [-0.05, 0) is 24.6 Å². The zero-order valence-electron chi connectivity index (χ0n) is 11.7. The molecule has 9 heteroatoms. The van der Waals surface area contributed by atoms with E-state index in [1.807, 2.05) is 0 Å². The SMILES string of the molecule is CNC(=O)CN(C)S(=O)(=O)c1cc(Cl)cc(C(=O)O)c1C. The zero-order chi connectivity index (χ0) is 16.4. The molecular weight excluding hydrogens is 320 g/mol. The minimum atomic E-state index is -4.03. The number of aromatic carboxylic acids is 1. The van der Waals surface area contributed by atoms with E-state index < -0.39 is 21.9 Å².